The zero-order chi connectivity index (χ0) is 20.4. The predicted octanol–water partition coefficient (Wildman–Crippen LogP) is 5.01. The van der Waals surface area contributed by atoms with E-state index in [0.717, 1.165) is 11.8 Å². The molecule has 1 heterocycles. The number of benzene rings is 2. The molecule has 1 fully saturated rings. The minimum Gasteiger partial charge on any atom is -0.508 e. The number of hydrogen-bond donors (Lipinski definition) is 2. The van der Waals surface area contributed by atoms with Gasteiger partial charge in [0, 0.05) is 24.8 Å². The maximum Gasteiger partial charge on any atom is 0.499 e. The molecule has 9 heteroatoms. The number of ether oxygens (including phenoxy) is 1. The van der Waals surface area contributed by atoms with E-state index < -0.39 is 18.0 Å². The highest BCUT2D eigenvalue weighted by Gasteiger charge is 2.61. The van der Waals surface area contributed by atoms with Gasteiger partial charge in [-0.25, -0.2) is 0 Å². The zero-order valence-corrected chi connectivity index (χ0v) is 14.7. The second-order valence-electron chi connectivity index (χ2n) is 6.53. The van der Waals surface area contributed by atoms with E-state index in [0.29, 0.717) is 25.9 Å². The van der Waals surface area contributed by atoms with Gasteiger partial charge in [0.05, 0.1) is 5.69 Å². The van der Waals surface area contributed by atoms with Gasteiger partial charge in [-0.15, -0.1) is 0 Å². The monoisotopic (exact) mass is 402 g/mol. The van der Waals surface area contributed by atoms with Gasteiger partial charge in [0.1, 0.15) is 11.5 Å². The average molecular weight is 402 g/mol. The third-order valence-corrected chi connectivity index (χ3v) is 4.52. The SMILES string of the molecule is Oc1ccc(N2CCC(Nc3ccccc3OC(F)(F)C(F)(F)F)CC2)cc1. The number of para-hydroxylation sites is 2. The van der Waals surface area contributed by atoms with Crippen molar-refractivity contribution in [2.24, 2.45) is 0 Å². The van der Waals surface area contributed by atoms with Gasteiger partial charge in [-0.05, 0) is 49.2 Å². The Hall–Kier alpha value is -2.71. The third-order valence-electron chi connectivity index (χ3n) is 4.52. The van der Waals surface area contributed by atoms with E-state index in [1.54, 1.807) is 24.3 Å². The molecule has 0 saturated carbocycles. The van der Waals surface area contributed by atoms with E-state index in [2.05, 4.69) is 15.0 Å². The van der Waals surface area contributed by atoms with Crippen molar-refractivity contribution in [1.82, 2.24) is 0 Å². The van der Waals surface area contributed by atoms with Crippen LogP contribution in [0.25, 0.3) is 0 Å². The molecular weight excluding hydrogens is 383 g/mol. The minimum absolute atomic E-state index is 0.0921. The number of hydrogen-bond acceptors (Lipinski definition) is 4. The fourth-order valence-corrected chi connectivity index (χ4v) is 3.04. The second kappa shape index (κ2) is 7.73. The molecule has 1 aliphatic rings. The summed E-state index contributed by atoms with van der Waals surface area (Å²) in [6.45, 7) is 1.34. The summed E-state index contributed by atoms with van der Waals surface area (Å²) in [6, 6.07) is 12.0. The van der Waals surface area contributed by atoms with Crippen molar-refractivity contribution in [1.29, 1.82) is 0 Å². The fourth-order valence-electron chi connectivity index (χ4n) is 3.04. The van der Waals surface area contributed by atoms with E-state index in [9.17, 15) is 27.1 Å². The molecule has 0 radical (unpaired) electrons. The van der Waals surface area contributed by atoms with Gasteiger partial charge in [-0.2, -0.15) is 22.0 Å². The smallest absolute Gasteiger partial charge is 0.499 e. The molecule has 2 N–H and O–H groups in total. The molecule has 28 heavy (non-hydrogen) atoms. The van der Waals surface area contributed by atoms with Crippen LogP contribution in [0.4, 0.5) is 33.3 Å². The topological polar surface area (TPSA) is 44.7 Å². The molecule has 2 aromatic carbocycles. The summed E-state index contributed by atoms with van der Waals surface area (Å²) < 4.78 is 67.7. The first-order valence-corrected chi connectivity index (χ1v) is 8.69. The van der Waals surface area contributed by atoms with E-state index >= 15 is 0 Å². The van der Waals surface area contributed by atoms with Crippen LogP contribution in [0.5, 0.6) is 11.5 Å². The molecule has 152 valence electrons. The summed E-state index contributed by atoms with van der Waals surface area (Å²) in [5, 5.41) is 12.4. The average Bonchev–Trinajstić information content (AvgIpc) is 2.64. The number of phenolic OH excluding ortho intramolecular Hbond substituents is 1. The molecule has 0 atom stereocenters. The van der Waals surface area contributed by atoms with Gasteiger partial charge < -0.3 is 20.1 Å². The van der Waals surface area contributed by atoms with Crippen molar-refractivity contribution in [3.63, 3.8) is 0 Å². The Kier molecular flexibility index (Phi) is 5.53. The Morgan fingerprint density at radius 2 is 1.54 bits per heavy atom. The van der Waals surface area contributed by atoms with Crippen LogP contribution in [0, 0.1) is 0 Å². The number of aromatic hydroxyl groups is 1. The maximum atomic E-state index is 13.2. The van der Waals surface area contributed by atoms with E-state index in [4.69, 9.17) is 0 Å². The molecule has 1 aliphatic heterocycles. The number of piperidine rings is 1. The molecule has 4 nitrogen and oxygen atoms in total. The van der Waals surface area contributed by atoms with Crippen molar-refractivity contribution in [3.8, 4) is 11.5 Å². The van der Waals surface area contributed by atoms with Crippen LogP contribution < -0.4 is 15.0 Å². The van der Waals surface area contributed by atoms with Gasteiger partial charge in [0.2, 0.25) is 0 Å². The van der Waals surface area contributed by atoms with Crippen molar-refractivity contribution < 1.29 is 31.8 Å². The highest BCUT2D eigenvalue weighted by molar-refractivity contribution is 5.57. The van der Waals surface area contributed by atoms with Gasteiger partial charge in [0.15, 0.2) is 0 Å². The van der Waals surface area contributed by atoms with Crippen LogP contribution in [0.3, 0.4) is 0 Å². The van der Waals surface area contributed by atoms with Crippen molar-refractivity contribution in [2.45, 2.75) is 31.2 Å². The summed E-state index contributed by atoms with van der Waals surface area (Å²) in [5.41, 5.74) is 1.04. The fraction of sp³-hybridized carbons (Fsp3) is 0.368. The Labute approximate surface area is 158 Å². The van der Waals surface area contributed by atoms with Crippen LogP contribution in [-0.2, 0) is 0 Å². The van der Waals surface area contributed by atoms with Crippen LogP contribution in [-0.4, -0.2) is 36.5 Å². The lowest BCUT2D eigenvalue weighted by Gasteiger charge is -2.34. The first-order valence-electron chi connectivity index (χ1n) is 8.69. The summed E-state index contributed by atoms with van der Waals surface area (Å²) >= 11 is 0. The van der Waals surface area contributed by atoms with Gasteiger partial charge in [0.25, 0.3) is 0 Å². The third kappa shape index (κ3) is 4.58. The molecule has 0 amide bonds. The number of nitrogens with zero attached hydrogens (tertiary/aromatic N) is 1. The van der Waals surface area contributed by atoms with Crippen LogP contribution in [0.15, 0.2) is 48.5 Å². The number of phenols is 1. The molecule has 0 aromatic heterocycles. The molecule has 3 rings (SSSR count). The highest BCUT2D eigenvalue weighted by Crippen LogP contribution is 2.39. The maximum absolute atomic E-state index is 13.2. The summed E-state index contributed by atoms with van der Waals surface area (Å²) in [7, 11) is 0. The Bertz CT molecular complexity index is 788. The van der Waals surface area contributed by atoms with Crippen LogP contribution >= 0.6 is 0 Å². The standard InChI is InChI=1S/C19H19F5N2O2/c20-18(21,22)19(23,24)28-17-4-2-1-3-16(17)25-13-9-11-26(12-10-13)14-5-7-15(27)8-6-14/h1-8,13,25,27H,9-12H2. The molecule has 1 saturated heterocycles. The van der Waals surface area contributed by atoms with E-state index in [1.165, 1.54) is 18.2 Å². The predicted molar refractivity (Wildman–Crippen MR) is 95.0 cm³/mol. The van der Waals surface area contributed by atoms with E-state index in [1.807, 2.05) is 0 Å². The normalized spacial score (nSPS) is 16.1. The lowest BCUT2D eigenvalue weighted by molar-refractivity contribution is -0.360. The molecule has 2 aromatic rings. The van der Waals surface area contributed by atoms with Crippen LogP contribution in [0.1, 0.15) is 12.8 Å². The molecule has 0 spiro atoms. The lowest BCUT2D eigenvalue weighted by Crippen LogP contribution is -2.42. The Morgan fingerprint density at radius 1 is 0.929 bits per heavy atom. The summed E-state index contributed by atoms with van der Waals surface area (Å²) in [5.74, 6) is -0.377. The Morgan fingerprint density at radius 3 is 2.14 bits per heavy atom. The van der Waals surface area contributed by atoms with E-state index in [-0.39, 0.29) is 17.5 Å². The van der Waals surface area contributed by atoms with Gasteiger partial charge in [-0.3, -0.25) is 0 Å². The number of rotatable bonds is 5. The van der Waals surface area contributed by atoms with Gasteiger partial charge in [-0.1, -0.05) is 12.1 Å². The number of anilines is 2. The van der Waals surface area contributed by atoms with Crippen molar-refractivity contribution >= 4 is 11.4 Å². The summed E-state index contributed by atoms with van der Waals surface area (Å²) in [6.07, 6.45) is -9.75. The van der Waals surface area contributed by atoms with Crippen molar-refractivity contribution in [2.75, 3.05) is 23.3 Å². The largest absolute Gasteiger partial charge is 0.508 e. The first kappa shape index (κ1) is 20.0. The molecule has 0 bridgehead atoms. The minimum atomic E-state index is -5.80. The number of halogens is 5. The lowest BCUT2D eigenvalue weighted by atomic mass is 10.0. The number of nitrogens with one attached hydrogen (secondary N) is 1. The first-order chi connectivity index (χ1) is 13.2. The molecule has 0 aliphatic carbocycles. The van der Waals surface area contributed by atoms with Crippen molar-refractivity contribution in [3.05, 3.63) is 48.5 Å². The highest BCUT2D eigenvalue weighted by atomic mass is 19.4. The Balaban J connectivity index is 1.63. The molecule has 0 unspecified atom stereocenters. The molecular formula is C19H19F5N2O2. The van der Waals surface area contributed by atoms with Gasteiger partial charge >= 0.3 is 12.3 Å². The summed E-state index contributed by atoms with van der Waals surface area (Å²) in [4.78, 5) is 2.11. The van der Waals surface area contributed by atoms with Crippen LogP contribution in [0.2, 0.25) is 0 Å². The number of alkyl halides is 5. The second-order valence-corrected chi connectivity index (χ2v) is 6.53. The quantitative estimate of drug-likeness (QED) is 0.691. The zero-order valence-electron chi connectivity index (χ0n) is 14.7.